The Morgan fingerprint density at radius 2 is 1.04 bits per heavy atom. The third-order valence-corrected chi connectivity index (χ3v) is 13.4. The Hall–Kier alpha value is -3.14. The lowest BCUT2D eigenvalue weighted by Gasteiger charge is -2.39. The predicted octanol–water partition coefficient (Wildman–Crippen LogP) is 14.5. The summed E-state index contributed by atoms with van der Waals surface area (Å²) < 4.78 is 8.51. The Kier molecular flexibility index (Phi) is 10.4. The van der Waals surface area contributed by atoms with E-state index in [2.05, 4.69) is 177 Å². The summed E-state index contributed by atoms with van der Waals surface area (Å²) in [5.74, 6) is 2.82. The smallest absolute Gasteiger partial charge is 0.119 e. The standard InChI is InChI=1S/C48H52Br2O/c1-7-31(4)24-25-51-38-19-14-34(15-20-38)48(45-27-36(49)17-22-41(45)42-23-18-37(50)28-46(42)48)35-16-21-40-39-12-10-11-13-43(39)47(44(40)26-35,29-32(5)8-2)30-33(6)9-3/h10-23,26-28,31-33H,7-9,24-25,29-30H2,1-6H3. The molecule has 0 aliphatic heterocycles. The summed E-state index contributed by atoms with van der Waals surface area (Å²) in [6, 6.07) is 39.6. The maximum absolute atomic E-state index is 6.32. The predicted molar refractivity (Wildman–Crippen MR) is 223 cm³/mol. The molecule has 3 heteroatoms. The summed E-state index contributed by atoms with van der Waals surface area (Å²) in [6.07, 6.45) is 6.91. The molecule has 2 aliphatic carbocycles. The lowest BCUT2D eigenvalue weighted by molar-refractivity contribution is 0.281. The second-order valence-corrected chi connectivity index (χ2v) is 17.5. The fourth-order valence-corrected chi connectivity index (χ4v) is 9.85. The van der Waals surface area contributed by atoms with Gasteiger partial charge in [0.05, 0.1) is 12.0 Å². The number of fused-ring (bicyclic) bond motifs is 6. The zero-order chi connectivity index (χ0) is 35.9. The molecule has 0 saturated heterocycles. The largest absolute Gasteiger partial charge is 0.494 e. The van der Waals surface area contributed by atoms with Crippen molar-refractivity contribution >= 4 is 31.9 Å². The van der Waals surface area contributed by atoms with E-state index >= 15 is 0 Å². The first-order valence-electron chi connectivity index (χ1n) is 19.2. The molecule has 5 aromatic rings. The summed E-state index contributed by atoms with van der Waals surface area (Å²) >= 11 is 7.81. The third kappa shape index (κ3) is 6.25. The Bertz CT molecular complexity index is 1960. The van der Waals surface area contributed by atoms with Gasteiger partial charge in [-0.05, 0) is 129 Å². The molecule has 7 rings (SSSR count). The minimum absolute atomic E-state index is 0.0416. The van der Waals surface area contributed by atoms with Gasteiger partial charge in [-0.15, -0.1) is 0 Å². The van der Waals surface area contributed by atoms with E-state index in [9.17, 15) is 0 Å². The molecule has 0 radical (unpaired) electrons. The molecule has 0 saturated carbocycles. The molecule has 0 spiro atoms. The highest BCUT2D eigenvalue weighted by atomic mass is 79.9. The first-order chi connectivity index (χ1) is 24.7. The zero-order valence-electron chi connectivity index (χ0n) is 31.2. The van der Waals surface area contributed by atoms with E-state index in [4.69, 9.17) is 4.74 Å². The minimum atomic E-state index is -0.518. The molecule has 2 aliphatic rings. The molecule has 5 aromatic carbocycles. The van der Waals surface area contributed by atoms with E-state index in [1.54, 1.807) is 0 Å². The number of hydrogen-bond acceptors (Lipinski definition) is 1. The second kappa shape index (κ2) is 14.7. The van der Waals surface area contributed by atoms with Gasteiger partial charge in [-0.25, -0.2) is 0 Å². The molecule has 51 heavy (non-hydrogen) atoms. The number of hydrogen-bond donors (Lipinski definition) is 0. The van der Waals surface area contributed by atoms with Crippen LogP contribution in [0.1, 0.15) is 113 Å². The van der Waals surface area contributed by atoms with Gasteiger partial charge in [0, 0.05) is 14.4 Å². The van der Waals surface area contributed by atoms with Gasteiger partial charge in [-0.3, -0.25) is 0 Å². The fraction of sp³-hybridized carbons (Fsp3) is 0.375. The Balaban J connectivity index is 1.49. The highest BCUT2D eigenvalue weighted by Gasteiger charge is 2.49. The Morgan fingerprint density at radius 3 is 1.63 bits per heavy atom. The van der Waals surface area contributed by atoms with E-state index < -0.39 is 5.41 Å². The molecule has 0 N–H and O–H groups in total. The number of benzene rings is 5. The summed E-state index contributed by atoms with van der Waals surface area (Å²) in [4.78, 5) is 0. The van der Waals surface area contributed by atoms with E-state index in [-0.39, 0.29) is 5.41 Å². The summed E-state index contributed by atoms with van der Waals surface area (Å²) in [7, 11) is 0. The van der Waals surface area contributed by atoms with Crippen molar-refractivity contribution in [2.45, 2.75) is 90.9 Å². The maximum Gasteiger partial charge on any atom is 0.119 e. The van der Waals surface area contributed by atoms with Crippen LogP contribution in [-0.2, 0) is 10.8 Å². The molecule has 0 fully saturated rings. The highest BCUT2D eigenvalue weighted by Crippen LogP contribution is 2.60. The van der Waals surface area contributed by atoms with Crippen molar-refractivity contribution in [2.24, 2.45) is 17.8 Å². The number of rotatable bonds is 13. The van der Waals surface area contributed by atoms with Gasteiger partial charge in [0.2, 0.25) is 0 Å². The quantitative estimate of drug-likeness (QED) is 0.113. The van der Waals surface area contributed by atoms with Gasteiger partial charge in [0.25, 0.3) is 0 Å². The van der Waals surface area contributed by atoms with Crippen LogP contribution in [0.4, 0.5) is 0 Å². The number of ether oxygens (including phenoxy) is 1. The SMILES string of the molecule is CCC(C)CCOc1ccc(C2(c3ccc4c(c3)C(CC(C)CC)(CC(C)CC)c3ccccc3-4)c3cc(Br)ccc3-c3ccc(Br)cc32)cc1. The highest BCUT2D eigenvalue weighted by molar-refractivity contribution is 9.10. The lowest BCUT2D eigenvalue weighted by Crippen LogP contribution is -2.32. The lowest BCUT2D eigenvalue weighted by atomic mass is 9.64. The van der Waals surface area contributed by atoms with Crippen molar-refractivity contribution < 1.29 is 4.74 Å². The topological polar surface area (TPSA) is 9.23 Å². The van der Waals surface area contributed by atoms with Gasteiger partial charge in [-0.1, -0.05) is 159 Å². The molecule has 0 heterocycles. The monoisotopic (exact) mass is 802 g/mol. The Labute approximate surface area is 323 Å². The summed E-state index contributed by atoms with van der Waals surface area (Å²) in [5, 5.41) is 0. The van der Waals surface area contributed by atoms with Crippen molar-refractivity contribution in [2.75, 3.05) is 6.61 Å². The van der Waals surface area contributed by atoms with Crippen molar-refractivity contribution in [1.29, 1.82) is 0 Å². The van der Waals surface area contributed by atoms with Gasteiger partial charge >= 0.3 is 0 Å². The first-order valence-corrected chi connectivity index (χ1v) is 20.8. The molecule has 0 amide bonds. The van der Waals surface area contributed by atoms with Crippen LogP contribution in [-0.4, -0.2) is 6.61 Å². The van der Waals surface area contributed by atoms with Crippen LogP contribution in [0.25, 0.3) is 22.3 Å². The maximum atomic E-state index is 6.32. The van der Waals surface area contributed by atoms with Gasteiger partial charge in [0.1, 0.15) is 5.75 Å². The van der Waals surface area contributed by atoms with E-state index in [0.717, 1.165) is 40.6 Å². The van der Waals surface area contributed by atoms with Crippen molar-refractivity contribution in [3.05, 3.63) is 145 Å². The molecule has 0 aromatic heterocycles. The van der Waals surface area contributed by atoms with E-state index in [0.29, 0.717) is 17.8 Å². The van der Waals surface area contributed by atoms with Crippen LogP contribution >= 0.6 is 31.9 Å². The molecule has 264 valence electrons. The van der Waals surface area contributed by atoms with Crippen LogP contribution in [0.15, 0.2) is 112 Å². The Morgan fingerprint density at radius 1 is 0.529 bits per heavy atom. The van der Waals surface area contributed by atoms with Crippen molar-refractivity contribution in [1.82, 2.24) is 0 Å². The third-order valence-electron chi connectivity index (χ3n) is 12.4. The van der Waals surface area contributed by atoms with Crippen LogP contribution in [0.3, 0.4) is 0 Å². The minimum Gasteiger partial charge on any atom is -0.494 e. The molecular weight excluding hydrogens is 752 g/mol. The fourth-order valence-electron chi connectivity index (χ4n) is 9.13. The molecule has 1 nitrogen and oxygen atoms in total. The van der Waals surface area contributed by atoms with Crippen LogP contribution in [0.5, 0.6) is 5.75 Å². The molecule has 3 unspecified atom stereocenters. The van der Waals surface area contributed by atoms with Gasteiger partial charge in [-0.2, -0.15) is 0 Å². The molecule has 0 bridgehead atoms. The summed E-state index contributed by atoms with van der Waals surface area (Å²) in [5.41, 5.74) is 13.1. The molecular formula is C48H52Br2O. The average molecular weight is 805 g/mol. The first kappa shape index (κ1) is 36.2. The average Bonchev–Trinajstić information content (AvgIpc) is 3.57. The second-order valence-electron chi connectivity index (χ2n) is 15.6. The molecule has 3 atom stereocenters. The number of halogens is 2. The van der Waals surface area contributed by atoms with Crippen LogP contribution < -0.4 is 4.74 Å². The summed E-state index contributed by atoms with van der Waals surface area (Å²) in [6.45, 7) is 14.9. The van der Waals surface area contributed by atoms with Crippen molar-refractivity contribution in [3.8, 4) is 28.0 Å². The van der Waals surface area contributed by atoms with Crippen LogP contribution in [0.2, 0.25) is 0 Å². The van der Waals surface area contributed by atoms with Crippen LogP contribution in [0, 0.1) is 17.8 Å². The van der Waals surface area contributed by atoms with E-state index in [1.807, 2.05) is 0 Å². The zero-order valence-corrected chi connectivity index (χ0v) is 34.3. The normalized spacial score (nSPS) is 18.4. The van der Waals surface area contributed by atoms with Gasteiger partial charge in [0.15, 0.2) is 0 Å². The van der Waals surface area contributed by atoms with E-state index in [1.165, 1.54) is 74.9 Å². The van der Waals surface area contributed by atoms with Gasteiger partial charge < -0.3 is 4.74 Å². The van der Waals surface area contributed by atoms with Crippen molar-refractivity contribution in [3.63, 3.8) is 0 Å².